The molecular weight excluding hydrogens is 354 g/mol. The number of piperazine rings is 1. The molecule has 2 heterocycles. The van der Waals surface area contributed by atoms with E-state index < -0.39 is 0 Å². The van der Waals surface area contributed by atoms with E-state index in [1.807, 2.05) is 44.1 Å². The Morgan fingerprint density at radius 2 is 2.00 bits per heavy atom. The van der Waals surface area contributed by atoms with Gasteiger partial charge in [-0.3, -0.25) is 19.6 Å². The zero-order valence-electron chi connectivity index (χ0n) is 16.9. The minimum absolute atomic E-state index is 0.0659. The van der Waals surface area contributed by atoms with Crippen LogP contribution in [0.2, 0.25) is 0 Å². The molecule has 0 radical (unpaired) electrons. The summed E-state index contributed by atoms with van der Waals surface area (Å²) in [4.78, 5) is 31.4. The molecule has 1 aromatic carbocycles. The molecule has 0 unspecified atom stereocenters. The van der Waals surface area contributed by atoms with Crippen molar-refractivity contribution in [3.8, 4) is 0 Å². The van der Waals surface area contributed by atoms with Gasteiger partial charge in [0, 0.05) is 38.9 Å². The molecule has 7 nitrogen and oxygen atoms in total. The largest absolute Gasteiger partial charge is 0.344 e. The lowest BCUT2D eigenvalue weighted by molar-refractivity contribution is -0.137. The normalized spacial score (nSPS) is 17.5. The summed E-state index contributed by atoms with van der Waals surface area (Å²) in [7, 11) is 3.80. The van der Waals surface area contributed by atoms with E-state index in [0.29, 0.717) is 31.7 Å². The number of aryl methyl sites for hydroxylation is 2. The lowest BCUT2D eigenvalue weighted by Crippen LogP contribution is -2.59. The third-order valence-electron chi connectivity index (χ3n) is 5.46. The van der Waals surface area contributed by atoms with Crippen molar-refractivity contribution in [2.45, 2.75) is 25.8 Å². The molecule has 1 aliphatic heterocycles. The summed E-state index contributed by atoms with van der Waals surface area (Å²) in [5.74, 6) is 0.000794. The zero-order chi connectivity index (χ0) is 20.1. The summed E-state index contributed by atoms with van der Waals surface area (Å²) in [5, 5.41) is 6.74. The van der Waals surface area contributed by atoms with Gasteiger partial charge in [-0.25, -0.2) is 0 Å². The second kappa shape index (κ2) is 9.01. The van der Waals surface area contributed by atoms with Crippen LogP contribution in [-0.2, 0) is 11.2 Å². The van der Waals surface area contributed by atoms with Gasteiger partial charge in [0.25, 0.3) is 5.91 Å². The smallest absolute Gasteiger partial charge is 0.257 e. The number of H-pyrrole nitrogens is 1. The Bertz CT molecular complexity index is 804. The molecular formula is C21H29N5O2. The fourth-order valence-electron chi connectivity index (χ4n) is 3.59. The average molecular weight is 383 g/mol. The first kappa shape index (κ1) is 20.1. The first-order valence-corrected chi connectivity index (χ1v) is 9.75. The maximum absolute atomic E-state index is 13.0. The second-order valence-electron chi connectivity index (χ2n) is 7.51. The monoisotopic (exact) mass is 383 g/mol. The van der Waals surface area contributed by atoms with Crippen LogP contribution >= 0.6 is 0 Å². The number of nitrogens with zero attached hydrogens (tertiary/aromatic N) is 4. The first-order valence-electron chi connectivity index (χ1n) is 9.75. The predicted octanol–water partition coefficient (Wildman–Crippen LogP) is 1.57. The van der Waals surface area contributed by atoms with Crippen LogP contribution in [0.5, 0.6) is 0 Å². The summed E-state index contributed by atoms with van der Waals surface area (Å²) in [5.41, 5.74) is 2.61. The van der Waals surface area contributed by atoms with Crippen LogP contribution in [0.15, 0.2) is 36.5 Å². The highest BCUT2D eigenvalue weighted by molar-refractivity contribution is 5.95. The van der Waals surface area contributed by atoms with Gasteiger partial charge in [-0.2, -0.15) is 5.10 Å². The molecule has 0 saturated carbocycles. The van der Waals surface area contributed by atoms with Gasteiger partial charge in [-0.05, 0) is 32.4 Å². The number of carbonyl (C=O) groups excluding carboxylic acids is 2. The zero-order valence-corrected chi connectivity index (χ0v) is 16.9. The number of carbonyl (C=O) groups is 2. The Morgan fingerprint density at radius 1 is 1.25 bits per heavy atom. The van der Waals surface area contributed by atoms with E-state index >= 15 is 0 Å². The predicted molar refractivity (Wildman–Crippen MR) is 108 cm³/mol. The van der Waals surface area contributed by atoms with Gasteiger partial charge in [-0.1, -0.05) is 30.3 Å². The summed E-state index contributed by atoms with van der Waals surface area (Å²) in [6.45, 7) is 4.23. The number of hydrogen-bond donors (Lipinski definition) is 1. The Labute approximate surface area is 166 Å². The van der Waals surface area contributed by atoms with E-state index in [9.17, 15) is 9.59 Å². The van der Waals surface area contributed by atoms with Crippen molar-refractivity contribution in [3.05, 3.63) is 53.3 Å². The summed E-state index contributed by atoms with van der Waals surface area (Å²) < 4.78 is 0. The Morgan fingerprint density at radius 3 is 2.68 bits per heavy atom. The van der Waals surface area contributed by atoms with E-state index in [1.165, 1.54) is 5.56 Å². The summed E-state index contributed by atoms with van der Waals surface area (Å²) >= 11 is 0. The van der Waals surface area contributed by atoms with Crippen molar-refractivity contribution < 1.29 is 9.59 Å². The Kier molecular flexibility index (Phi) is 6.46. The summed E-state index contributed by atoms with van der Waals surface area (Å²) in [6, 6.07) is 9.99. The van der Waals surface area contributed by atoms with Crippen LogP contribution in [0.1, 0.15) is 28.0 Å². The highest BCUT2D eigenvalue weighted by Gasteiger charge is 2.34. The maximum atomic E-state index is 13.0. The van der Waals surface area contributed by atoms with E-state index in [0.717, 1.165) is 18.5 Å². The first-order chi connectivity index (χ1) is 13.5. The Balaban J connectivity index is 1.56. The van der Waals surface area contributed by atoms with Gasteiger partial charge >= 0.3 is 0 Å². The quantitative estimate of drug-likeness (QED) is 0.822. The molecule has 1 aromatic heterocycles. The van der Waals surface area contributed by atoms with Crippen LogP contribution in [0.3, 0.4) is 0 Å². The van der Waals surface area contributed by atoms with E-state index in [-0.39, 0.29) is 17.9 Å². The van der Waals surface area contributed by atoms with Crippen LogP contribution in [0.25, 0.3) is 0 Å². The SMILES string of the molecule is Cc1[nH]ncc1C(=O)N1CCN(C)[C@H](C(=O)N(C)CCCc2ccccc2)C1. The van der Waals surface area contributed by atoms with Crippen molar-refractivity contribution >= 4 is 11.8 Å². The standard InChI is InChI=1S/C21H29N5O2/c1-16-18(14-22-23-16)20(27)26-13-12-24(2)19(15-26)21(28)25(3)11-7-10-17-8-5-4-6-9-17/h4-6,8-9,14,19H,7,10-13,15H2,1-3H3,(H,22,23)/t19-/m0/s1. The van der Waals surface area contributed by atoms with Gasteiger partial charge < -0.3 is 9.80 Å². The van der Waals surface area contributed by atoms with Crippen molar-refractivity contribution in [2.75, 3.05) is 40.3 Å². The van der Waals surface area contributed by atoms with Gasteiger partial charge in [0.1, 0.15) is 6.04 Å². The van der Waals surface area contributed by atoms with Crippen LogP contribution in [0.4, 0.5) is 0 Å². The van der Waals surface area contributed by atoms with Crippen molar-refractivity contribution in [2.24, 2.45) is 0 Å². The minimum Gasteiger partial charge on any atom is -0.344 e. The minimum atomic E-state index is -0.313. The molecule has 150 valence electrons. The van der Waals surface area contributed by atoms with Crippen molar-refractivity contribution in [1.29, 1.82) is 0 Å². The van der Waals surface area contributed by atoms with E-state index in [1.54, 1.807) is 16.0 Å². The van der Waals surface area contributed by atoms with Crippen molar-refractivity contribution in [1.82, 2.24) is 24.9 Å². The van der Waals surface area contributed by atoms with Gasteiger partial charge in [0.15, 0.2) is 0 Å². The Hall–Kier alpha value is -2.67. The summed E-state index contributed by atoms with van der Waals surface area (Å²) in [6.07, 6.45) is 3.42. The molecule has 2 amide bonds. The molecule has 1 atom stereocenters. The molecule has 28 heavy (non-hydrogen) atoms. The highest BCUT2D eigenvalue weighted by Crippen LogP contribution is 2.15. The molecule has 1 aliphatic rings. The van der Waals surface area contributed by atoms with Gasteiger partial charge in [0.2, 0.25) is 5.91 Å². The number of aromatic amines is 1. The lowest BCUT2D eigenvalue weighted by atomic mass is 10.1. The molecule has 1 N–H and O–H groups in total. The number of amides is 2. The number of rotatable bonds is 6. The topological polar surface area (TPSA) is 72.5 Å². The molecule has 0 aliphatic carbocycles. The van der Waals surface area contributed by atoms with Crippen LogP contribution in [0, 0.1) is 6.92 Å². The molecule has 7 heteroatoms. The number of hydrogen-bond acceptors (Lipinski definition) is 4. The lowest BCUT2D eigenvalue weighted by Gasteiger charge is -2.40. The average Bonchev–Trinajstić information content (AvgIpc) is 3.14. The third-order valence-corrected chi connectivity index (χ3v) is 5.46. The van der Waals surface area contributed by atoms with Gasteiger partial charge in [-0.15, -0.1) is 0 Å². The third kappa shape index (κ3) is 4.59. The fraction of sp³-hybridized carbons (Fsp3) is 0.476. The molecule has 0 spiro atoms. The molecule has 2 aromatic rings. The number of nitrogens with one attached hydrogen (secondary N) is 1. The maximum Gasteiger partial charge on any atom is 0.257 e. The fourth-order valence-corrected chi connectivity index (χ4v) is 3.59. The van der Waals surface area contributed by atoms with Gasteiger partial charge in [0.05, 0.1) is 11.8 Å². The molecule has 0 bridgehead atoms. The number of likely N-dealkylation sites (N-methyl/N-ethyl adjacent to an activating group) is 2. The second-order valence-corrected chi connectivity index (χ2v) is 7.51. The van der Waals surface area contributed by atoms with Crippen LogP contribution < -0.4 is 0 Å². The number of aromatic nitrogens is 2. The molecule has 1 fully saturated rings. The van der Waals surface area contributed by atoms with E-state index in [4.69, 9.17) is 0 Å². The van der Waals surface area contributed by atoms with E-state index in [2.05, 4.69) is 22.3 Å². The molecule has 1 saturated heterocycles. The van der Waals surface area contributed by atoms with Crippen molar-refractivity contribution in [3.63, 3.8) is 0 Å². The van der Waals surface area contributed by atoms with Crippen LogP contribution in [-0.4, -0.2) is 83.0 Å². The molecule has 3 rings (SSSR count). The highest BCUT2D eigenvalue weighted by atomic mass is 16.2. The number of benzene rings is 1.